The van der Waals surface area contributed by atoms with Gasteiger partial charge in [0.1, 0.15) is 5.75 Å². The average Bonchev–Trinajstić information content (AvgIpc) is 2.42. The molecule has 0 aromatic heterocycles. The van der Waals surface area contributed by atoms with Gasteiger partial charge in [0, 0.05) is 23.2 Å². The highest BCUT2D eigenvalue weighted by Gasteiger charge is 2.19. The van der Waals surface area contributed by atoms with Gasteiger partial charge in [-0.1, -0.05) is 11.6 Å². The zero-order valence-electron chi connectivity index (χ0n) is 11.4. The standard InChI is InChI=1S/C14H19ClF2N2O/c1-19(12-4-6-18-7-5-12)9-10-8-11(15)2-3-13(10)20-14(16)17/h2-3,8,12,14,18H,4-7,9H2,1H3. The Bertz CT molecular complexity index is 439. The van der Waals surface area contributed by atoms with Gasteiger partial charge in [0.05, 0.1) is 0 Å². The summed E-state index contributed by atoms with van der Waals surface area (Å²) in [5, 5.41) is 3.84. The van der Waals surface area contributed by atoms with Crippen LogP contribution in [0.1, 0.15) is 18.4 Å². The maximum Gasteiger partial charge on any atom is 0.387 e. The fraction of sp³-hybridized carbons (Fsp3) is 0.571. The Hall–Kier alpha value is -0.910. The van der Waals surface area contributed by atoms with Crippen LogP contribution >= 0.6 is 11.6 Å². The van der Waals surface area contributed by atoms with E-state index in [1.54, 1.807) is 12.1 Å². The number of rotatable bonds is 5. The Morgan fingerprint density at radius 1 is 1.40 bits per heavy atom. The van der Waals surface area contributed by atoms with Crippen molar-refractivity contribution in [1.82, 2.24) is 10.2 Å². The summed E-state index contributed by atoms with van der Waals surface area (Å²) >= 11 is 5.95. The second-order valence-electron chi connectivity index (χ2n) is 5.03. The molecule has 0 radical (unpaired) electrons. The van der Waals surface area contributed by atoms with Gasteiger partial charge in [-0.3, -0.25) is 4.90 Å². The molecule has 0 spiro atoms. The second kappa shape index (κ2) is 7.20. The zero-order chi connectivity index (χ0) is 14.5. The molecule has 1 fully saturated rings. The van der Waals surface area contributed by atoms with E-state index in [0.717, 1.165) is 25.9 Å². The molecule has 112 valence electrons. The highest BCUT2D eigenvalue weighted by molar-refractivity contribution is 6.30. The Morgan fingerprint density at radius 2 is 2.10 bits per heavy atom. The summed E-state index contributed by atoms with van der Waals surface area (Å²) in [6.45, 7) is -0.289. The predicted molar refractivity (Wildman–Crippen MR) is 75.4 cm³/mol. The van der Waals surface area contributed by atoms with Crippen LogP contribution in [-0.2, 0) is 6.54 Å². The fourth-order valence-corrected chi connectivity index (χ4v) is 2.72. The number of ether oxygens (including phenoxy) is 1. The minimum absolute atomic E-state index is 0.199. The Balaban J connectivity index is 2.08. The van der Waals surface area contributed by atoms with Crippen molar-refractivity contribution in [2.75, 3.05) is 20.1 Å². The molecule has 1 saturated heterocycles. The molecule has 0 saturated carbocycles. The topological polar surface area (TPSA) is 24.5 Å². The van der Waals surface area contributed by atoms with Crippen molar-refractivity contribution in [3.8, 4) is 5.75 Å². The minimum atomic E-state index is -2.82. The van der Waals surface area contributed by atoms with Crippen LogP contribution in [0.25, 0.3) is 0 Å². The third kappa shape index (κ3) is 4.30. The van der Waals surface area contributed by atoms with E-state index in [4.69, 9.17) is 11.6 Å². The molecule has 1 N–H and O–H groups in total. The molecule has 1 aromatic rings. The zero-order valence-corrected chi connectivity index (χ0v) is 12.2. The molecule has 3 nitrogen and oxygen atoms in total. The molecule has 1 aliphatic heterocycles. The molecular weight excluding hydrogens is 286 g/mol. The summed E-state index contributed by atoms with van der Waals surface area (Å²) < 4.78 is 29.4. The fourth-order valence-electron chi connectivity index (χ4n) is 2.53. The van der Waals surface area contributed by atoms with Gasteiger partial charge in [0.15, 0.2) is 0 Å². The first-order chi connectivity index (χ1) is 9.56. The lowest BCUT2D eigenvalue weighted by Crippen LogP contribution is -2.40. The van der Waals surface area contributed by atoms with Crippen molar-refractivity contribution in [2.24, 2.45) is 0 Å². The van der Waals surface area contributed by atoms with Crippen LogP contribution in [0.4, 0.5) is 8.78 Å². The largest absolute Gasteiger partial charge is 0.434 e. The van der Waals surface area contributed by atoms with Crippen molar-refractivity contribution >= 4 is 11.6 Å². The van der Waals surface area contributed by atoms with Crippen molar-refractivity contribution < 1.29 is 13.5 Å². The highest BCUT2D eigenvalue weighted by Crippen LogP contribution is 2.26. The van der Waals surface area contributed by atoms with Gasteiger partial charge in [-0.05, 0) is 51.2 Å². The lowest BCUT2D eigenvalue weighted by Gasteiger charge is -2.32. The third-order valence-electron chi connectivity index (χ3n) is 3.59. The molecule has 0 unspecified atom stereocenters. The SMILES string of the molecule is CN(Cc1cc(Cl)ccc1OC(F)F)C1CCNCC1. The van der Waals surface area contributed by atoms with Crippen LogP contribution < -0.4 is 10.1 Å². The Labute approximate surface area is 122 Å². The molecule has 20 heavy (non-hydrogen) atoms. The average molecular weight is 305 g/mol. The first-order valence-electron chi connectivity index (χ1n) is 6.70. The molecule has 0 aliphatic carbocycles. The van der Waals surface area contributed by atoms with Crippen LogP contribution in [0, 0.1) is 0 Å². The molecule has 2 rings (SSSR count). The molecule has 0 bridgehead atoms. The van der Waals surface area contributed by atoms with Crippen molar-refractivity contribution in [3.63, 3.8) is 0 Å². The highest BCUT2D eigenvalue weighted by atomic mass is 35.5. The monoisotopic (exact) mass is 304 g/mol. The Morgan fingerprint density at radius 3 is 2.75 bits per heavy atom. The third-order valence-corrected chi connectivity index (χ3v) is 3.83. The van der Waals surface area contributed by atoms with E-state index in [1.807, 2.05) is 7.05 Å². The van der Waals surface area contributed by atoms with E-state index >= 15 is 0 Å². The van der Waals surface area contributed by atoms with Crippen molar-refractivity contribution in [3.05, 3.63) is 28.8 Å². The number of hydrogen-bond acceptors (Lipinski definition) is 3. The van der Waals surface area contributed by atoms with Gasteiger partial charge in [0.25, 0.3) is 0 Å². The second-order valence-corrected chi connectivity index (χ2v) is 5.46. The number of hydrogen-bond donors (Lipinski definition) is 1. The molecule has 0 amide bonds. The van der Waals surface area contributed by atoms with Crippen molar-refractivity contribution in [1.29, 1.82) is 0 Å². The van der Waals surface area contributed by atoms with Crippen LogP contribution in [0.15, 0.2) is 18.2 Å². The number of piperidine rings is 1. The van der Waals surface area contributed by atoms with Crippen LogP contribution in [-0.4, -0.2) is 37.7 Å². The number of benzene rings is 1. The van der Waals surface area contributed by atoms with Crippen LogP contribution in [0.3, 0.4) is 0 Å². The van der Waals surface area contributed by atoms with E-state index < -0.39 is 6.61 Å². The summed E-state index contributed by atoms with van der Waals surface area (Å²) in [5.74, 6) is 0.199. The summed E-state index contributed by atoms with van der Waals surface area (Å²) in [6, 6.07) is 5.21. The van der Waals surface area contributed by atoms with Gasteiger partial charge in [-0.25, -0.2) is 0 Å². The van der Waals surface area contributed by atoms with E-state index in [2.05, 4.69) is 15.0 Å². The van der Waals surface area contributed by atoms with Crippen LogP contribution in [0.2, 0.25) is 5.02 Å². The lowest BCUT2D eigenvalue weighted by atomic mass is 10.0. The summed E-state index contributed by atoms with van der Waals surface area (Å²) in [7, 11) is 2.00. The van der Waals surface area contributed by atoms with Crippen LogP contribution in [0.5, 0.6) is 5.75 Å². The normalized spacial score (nSPS) is 16.9. The molecule has 1 aromatic carbocycles. The molecule has 6 heteroatoms. The van der Waals surface area contributed by atoms with E-state index in [-0.39, 0.29) is 5.75 Å². The number of halogens is 3. The molecule has 1 aliphatic rings. The Kier molecular flexibility index (Phi) is 5.57. The van der Waals surface area contributed by atoms with Gasteiger partial charge in [-0.2, -0.15) is 8.78 Å². The number of nitrogens with one attached hydrogen (secondary N) is 1. The van der Waals surface area contributed by atoms with Gasteiger partial charge >= 0.3 is 6.61 Å². The van der Waals surface area contributed by atoms with Crippen molar-refractivity contribution in [2.45, 2.75) is 32.0 Å². The van der Waals surface area contributed by atoms with E-state index in [0.29, 0.717) is 23.2 Å². The number of nitrogens with zero attached hydrogens (tertiary/aromatic N) is 1. The molecular formula is C14H19ClF2N2O. The summed E-state index contributed by atoms with van der Waals surface area (Å²) in [4.78, 5) is 2.17. The first kappa shape index (κ1) is 15.5. The molecule has 0 atom stereocenters. The minimum Gasteiger partial charge on any atom is -0.434 e. The van der Waals surface area contributed by atoms with E-state index in [1.165, 1.54) is 6.07 Å². The predicted octanol–water partition coefficient (Wildman–Crippen LogP) is 3.13. The summed E-state index contributed by atoms with van der Waals surface area (Å²) in [6.07, 6.45) is 2.12. The smallest absolute Gasteiger partial charge is 0.387 e. The maximum atomic E-state index is 12.4. The summed E-state index contributed by atoms with van der Waals surface area (Å²) in [5.41, 5.74) is 0.693. The first-order valence-corrected chi connectivity index (χ1v) is 7.08. The van der Waals surface area contributed by atoms with Gasteiger partial charge in [0.2, 0.25) is 0 Å². The quantitative estimate of drug-likeness (QED) is 0.904. The van der Waals surface area contributed by atoms with Gasteiger partial charge < -0.3 is 10.1 Å². The number of alkyl halides is 2. The maximum absolute atomic E-state index is 12.4. The van der Waals surface area contributed by atoms with Gasteiger partial charge in [-0.15, -0.1) is 0 Å². The lowest BCUT2D eigenvalue weighted by molar-refractivity contribution is -0.0508. The molecule has 1 heterocycles. The van der Waals surface area contributed by atoms with E-state index in [9.17, 15) is 8.78 Å².